The number of carbonyl (C=O) groups excluding carboxylic acids is 1. The van der Waals surface area contributed by atoms with Crippen molar-refractivity contribution in [1.29, 1.82) is 0 Å². The van der Waals surface area contributed by atoms with Crippen LogP contribution >= 0.6 is 27.5 Å². The Morgan fingerprint density at radius 2 is 1.91 bits per heavy atom. The van der Waals surface area contributed by atoms with Crippen molar-refractivity contribution < 1.29 is 9.53 Å². The van der Waals surface area contributed by atoms with Crippen molar-refractivity contribution in [2.24, 2.45) is 0 Å². The Morgan fingerprint density at radius 1 is 1.26 bits per heavy atom. The zero-order chi connectivity index (χ0) is 17.0. The summed E-state index contributed by atoms with van der Waals surface area (Å²) in [6.07, 6.45) is -0.717. The number of hydrogen-bond donors (Lipinski definition) is 2. The van der Waals surface area contributed by atoms with Crippen molar-refractivity contribution in [3.05, 3.63) is 45.1 Å². The zero-order valence-corrected chi connectivity index (χ0v) is 15.2. The average Bonchev–Trinajstić information content (AvgIpc) is 2.46. The number of halogens is 2. The van der Waals surface area contributed by atoms with E-state index >= 15 is 0 Å². The number of hydrogen-bond acceptors (Lipinski definition) is 5. The highest BCUT2D eigenvalue weighted by Crippen LogP contribution is 2.28. The van der Waals surface area contributed by atoms with Gasteiger partial charge < -0.3 is 4.74 Å². The van der Waals surface area contributed by atoms with Crippen molar-refractivity contribution in [2.75, 3.05) is 5.43 Å². The maximum atomic E-state index is 12.1. The molecule has 0 aliphatic carbocycles. The van der Waals surface area contributed by atoms with E-state index in [0.717, 1.165) is 11.4 Å². The number of amides is 1. The molecule has 2 aromatic rings. The van der Waals surface area contributed by atoms with Crippen LogP contribution in [0.15, 0.2) is 28.7 Å². The highest BCUT2D eigenvalue weighted by Gasteiger charge is 2.16. The number of anilines is 1. The first kappa shape index (κ1) is 17.5. The van der Waals surface area contributed by atoms with E-state index in [1.165, 1.54) is 0 Å². The van der Waals surface area contributed by atoms with Gasteiger partial charge in [-0.1, -0.05) is 11.6 Å². The molecule has 2 rings (SSSR count). The molecule has 0 bridgehead atoms. The Hall–Kier alpha value is -1.86. The van der Waals surface area contributed by atoms with Gasteiger partial charge in [-0.2, -0.15) is 0 Å². The summed E-state index contributed by atoms with van der Waals surface area (Å²) in [6.45, 7) is 5.34. The number of nitrogens with zero attached hydrogens (tertiary/aromatic N) is 2. The molecule has 122 valence electrons. The second-order valence-electron chi connectivity index (χ2n) is 4.92. The second-order valence-corrected chi connectivity index (χ2v) is 6.21. The quantitative estimate of drug-likeness (QED) is 0.754. The highest BCUT2D eigenvalue weighted by molar-refractivity contribution is 9.10. The van der Waals surface area contributed by atoms with E-state index in [2.05, 4.69) is 36.7 Å². The van der Waals surface area contributed by atoms with Crippen LogP contribution in [0.1, 0.15) is 18.3 Å². The fourth-order valence-electron chi connectivity index (χ4n) is 1.82. The predicted octanol–water partition coefficient (Wildman–Crippen LogP) is 3.42. The minimum absolute atomic E-state index is 0.329. The summed E-state index contributed by atoms with van der Waals surface area (Å²) in [7, 11) is 0. The number of hydrazine groups is 1. The summed E-state index contributed by atoms with van der Waals surface area (Å²) in [5, 5.41) is 0.579. The van der Waals surface area contributed by atoms with Gasteiger partial charge in [0.2, 0.25) is 5.95 Å². The summed E-state index contributed by atoms with van der Waals surface area (Å²) in [5.74, 6) is 0.505. The van der Waals surface area contributed by atoms with Crippen molar-refractivity contribution in [3.8, 4) is 5.75 Å². The fourth-order valence-corrected chi connectivity index (χ4v) is 2.59. The molecule has 0 radical (unpaired) electrons. The molecule has 1 heterocycles. The number of benzene rings is 1. The van der Waals surface area contributed by atoms with E-state index in [-0.39, 0.29) is 5.91 Å². The molecule has 0 fully saturated rings. The van der Waals surface area contributed by atoms with Gasteiger partial charge in [0, 0.05) is 16.4 Å². The van der Waals surface area contributed by atoms with E-state index in [1.807, 2.05) is 19.9 Å². The van der Waals surface area contributed by atoms with Crippen LogP contribution in [0.5, 0.6) is 5.75 Å². The Labute approximate surface area is 147 Å². The van der Waals surface area contributed by atoms with E-state index in [4.69, 9.17) is 16.3 Å². The maximum Gasteiger partial charge on any atom is 0.279 e. The summed E-state index contributed by atoms with van der Waals surface area (Å²) >= 11 is 9.21. The number of rotatable bonds is 5. The third-order valence-corrected chi connectivity index (χ3v) is 3.70. The molecule has 1 unspecified atom stereocenters. The number of aryl methyl sites for hydroxylation is 2. The molecule has 6 nitrogen and oxygen atoms in total. The molecule has 23 heavy (non-hydrogen) atoms. The predicted molar refractivity (Wildman–Crippen MR) is 92.5 cm³/mol. The van der Waals surface area contributed by atoms with Crippen LogP contribution in [0.3, 0.4) is 0 Å². The van der Waals surface area contributed by atoms with Gasteiger partial charge in [-0.3, -0.25) is 15.6 Å². The van der Waals surface area contributed by atoms with Crippen molar-refractivity contribution in [1.82, 2.24) is 15.4 Å². The number of carbonyl (C=O) groups is 1. The fraction of sp³-hybridized carbons (Fsp3) is 0.267. The van der Waals surface area contributed by atoms with Crippen LogP contribution < -0.4 is 15.6 Å². The first-order valence-corrected chi connectivity index (χ1v) is 8.02. The molecule has 8 heteroatoms. The van der Waals surface area contributed by atoms with E-state index in [0.29, 0.717) is 21.2 Å². The van der Waals surface area contributed by atoms with Gasteiger partial charge in [-0.25, -0.2) is 9.97 Å². The second kappa shape index (κ2) is 7.61. The molecule has 0 spiro atoms. The third-order valence-electron chi connectivity index (χ3n) is 2.85. The molecule has 2 N–H and O–H groups in total. The topological polar surface area (TPSA) is 76.1 Å². The average molecular weight is 400 g/mol. The molecule has 1 atom stereocenters. The molecule has 0 aliphatic rings. The SMILES string of the molecule is Cc1cc(C)nc(NNC(=O)C(C)Oc2ccc(Cl)cc2Br)n1. The van der Waals surface area contributed by atoms with Crippen LogP contribution in [0.2, 0.25) is 5.02 Å². The van der Waals surface area contributed by atoms with Gasteiger partial charge in [0.05, 0.1) is 4.47 Å². The van der Waals surface area contributed by atoms with E-state index in [9.17, 15) is 4.79 Å². The molecule has 0 aliphatic heterocycles. The van der Waals surface area contributed by atoms with Crippen LogP contribution in [0.4, 0.5) is 5.95 Å². The molecular formula is C15H16BrClN4O2. The Bertz CT molecular complexity index is 706. The van der Waals surface area contributed by atoms with Gasteiger partial charge in [0.1, 0.15) is 5.75 Å². The van der Waals surface area contributed by atoms with Gasteiger partial charge in [0.25, 0.3) is 5.91 Å². The first-order valence-electron chi connectivity index (χ1n) is 6.85. The van der Waals surface area contributed by atoms with Crippen LogP contribution in [-0.2, 0) is 4.79 Å². The minimum Gasteiger partial charge on any atom is -0.480 e. The van der Waals surface area contributed by atoms with Crippen LogP contribution in [0.25, 0.3) is 0 Å². The van der Waals surface area contributed by atoms with Crippen molar-refractivity contribution >= 4 is 39.4 Å². The molecule has 0 saturated heterocycles. The van der Waals surface area contributed by atoms with Crippen LogP contribution in [-0.4, -0.2) is 22.0 Å². The summed E-state index contributed by atoms with van der Waals surface area (Å²) < 4.78 is 6.28. The summed E-state index contributed by atoms with van der Waals surface area (Å²) in [5.41, 5.74) is 6.82. The number of nitrogens with one attached hydrogen (secondary N) is 2. The lowest BCUT2D eigenvalue weighted by molar-refractivity contribution is -0.126. The van der Waals surface area contributed by atoms with E-state index in [1.54, 1.807) is 25.1 Å². The maximum absolute atomic E-state index is 12.1. The lowest BCUT2D eigenvalue weighted by Gasteiger charge is -2.16. The van der Waals surface area contributed by atoms with E-state index < -0.39 is 6.10 Å². The molecule has 1 amide bonds. The smallest absolute Gasteiger partial charge is 0.279 e. The number of aromatic nitrogens is 2. The Kier molecular flexibility index (Phi) is 5.79. The lowest BCUT2D eigenvalue weighted by Crippen LogP contribution is -2.40. The summed E-state index contributed by atoms with van der Waals surface area (Å²) in [4.78, 5) is 20.4. The van der Waals surface area contributed by atoms with Gasteiger partial charge in [-0.05, 0) is 61.0 Å². The Balaban J connectivity index is 1.94. The largest absolute Gasteiger partial charge is 0.480 e. The zero-order valence-electron chi connectivity index (χ0n) is 12.9. The minimum atomic E-state index is -0.717. The van der Waals surface area contributed by atoms with Gasteiger partial charge >= 0.3 is 0 Å². The van der Waals surface area contributed by atoms with Crippen molar-refractivity contribution in [3.63, 3.8) is 0 Å². The standard InChI is InChI=1S/C15H16BrClN4O2/c1-8-6-9(2)19-15(18-8)21-20-14(22)10(3)23-13-5-4-11(17)7-12(13)16/h4-7,10H,1-3H3,(H,20,22)(H,18,19,21). The van der Waals surface area contributed by atoms with Crippen LogP contribution in [0, 0.1) is 13.8 Å². The van der Waals surface area contributed by atoms with Gasteiger partial charge in [0.15, 0.2) is 6.10 Å². The third kappa shape index (κ3) is 5.07. The molecule has 1 aromatic heterocycles. The first-order chi connectivity index (χ1) is 10.8. The van der Waals surface area contributed by atoms with Crippen molar-refractivity contribution in [2.45, 2.75) is 26.9 Å². The normalized spacial score (nSPS) is 11.7. The van der Waals surface area contributed by atoms with Gasteiger partial charge in [-0.15, -0.1) is 0 Å². The monoisotopic (exact) mass is 398 g/mol. The Morgan fingerprint density at radius 3 is 2.52 bits per heavy atom. The molecule has 0 saturated carbocycles. The molecular weight excluding hydrogens is 384 g/mol. The molecule has 1 aromatic carbocycles. The number of ether oxygens (including phenoxy) is 1. The lowest BCUT2D eigenvalue weighted by atomic mass is 10.3. The summed E-state index contributed by atoms with van der Waals surface area (Å²) in [6, 6.07) is 6.92. The highest BCUT2D eigenvalue weighted by atomic mass is 79.9.